The van der Waals surface area contributed by atoms with Crippen molar-refractivity contribution in [3.8, 4) is 0 Å². The van der Waals surface area contributed by atoms with Crippen LogP contribution in [0.1, 0.15) is 13.3 Å². The van der Waals surface area contributed by atoms with Crippen LogP contribution in [-0.2, 0) is 0 Å². The van der Waals surface area contributed by atoms with Gasteiger partial charge in [-0.25, -0.2) is 0 Å². The fraction of sp³-hybridized carbons (Fsp3) is 1.00. The van der Waals surface area contributed by atoms with E-state index in [2.05, 4.69) is 18.9 Å². The summed E-state index contributed by atoms with van der Waals surface area (Å²) in [4.78, 5) is 2.52. The zero-order valence-corrected chi connectivity index (χ0v) is 7.46. The second-order valence-electron chi connectivity index (χ2n) is 4.89. The zero-order chi connectivity index (χ0) is 7.59. The fourth-order valence-corrected chi connectivity index (χ4v) is 3.79. The molecule has 5 unspecified atom stereocenters. The molecule has 1 heteroatoms. The summed E-state index contributed by atoms with van der Waals surface area (Å²) in [6, 6.07) is 0. The van der Waals surface area contributed by atoms with Gasteiger partial charge >= 0.3 is 0 Å². The molecule has 62 valence electrons. The van der Waals surface area contributed by atoms with E-state index in [-0.39, 0.29) is 0 Å². The predicted octanol–water partition coefficient (Wildman–Crippen LogP) is 1.45. The molecule has 3 rings (SSSR count). The molecule has 0 N–H and O–H groups in total. The summed E-state index contributed by atoms with van der Waals surface area (Å²) in [6.07, 6.45) is 1.49. The quantitative estimate of drug-likeness (QED) is 0.506. The van der Waals surface area contributed by atoms with Crippen LogP contribution >= 0.6 is 0 Å². The summed E-state index contributed by atoms with van der Waals surface area (Å²) in [5, 5.41) is 0. The minimum Gasteiger partial charge on any atom is -0.306 e. The lowest BCUT2D eigenvalue weighted by Gasteiger charge is -2.43. The molecular formula is C10H17N. The van der Waals surface area contributed by atoms with Gasteiger partial charge in [-0.1, -0.05) is 6.92 Å². The van der Waals surface area contributed by atoms with Crippen molar-refractivity contribution in [3.63, 3.8) is 0 Å². The van der Waals surface area contributed by atoms with E-state index in [1.54, 1.807) is 0 Å². The van der Waals surface area contributed by atoms with Crippen molar-refractivity contribution in [1.82, 2.24) is 4.90 Å². The second kappa shape index (κ2) is 1.82. The smallest absolute Gasteiger partial charge is 0.00122 e. The first-order valence-corrected chi connectivity index (χ1v) is 4.97. The Labute approximate surface area is 68.8 Å². The Bertz CT molecular complexity index is 189. The Morgan fingerprint density at radius 1 is 1.18 bits per heavy atom. The molecule has 11 heavy (non-hydrogen) atoms. The summed E-state index contributed by atoms with van der Waals surface area (Å²) >= 11 is 0. The highest BCUT2D eigenvalue weighted by Gasteiger charge is 2.66. The van der Waals surface area contributed by atoms with Crippen molar-refractivity contribution in [3.05, 3.63) is 0 Å². The van der Waals surface area contributed by atoms with Gasteiger partial charge in [0, 0.05) is 6.54 Å². The largest absolute Gasteiger partial charge is 0.306 e. The van der Waals surface area contributed by atoms with E-state index < -0.39 is 0 Å². The monoisotopic (exact) mass is 151 g/mol. The lowest BCUT2D eigenvalue weighted by Crippen LogP contribution is -2.45. The third-order valence-electron chi connectivity index (χ3n) is 4.42. The highest BCUT2D eigenvalue weighted by atomic mass is 15.1. The molecule has 2 aliphatic carbocycles. The molecule has 0 aromatic rings. The van der Waals surface area contributed by atoms with Crippen molar-refractivity contribution >= 4 is 0 Å². The summed E-state index contributed by atoms with van der Waals surface area (Å²) in [7, 11) is 2.27. The molecule has 0 aromatic heterocycles. The molecule has 1 saturated heterocycles. The molecule has 5 atom stereocenters. The van der Waals surface area contributed by atoms with Crippen molar-refractivity contribution in [2.45, 2.75) is 13.3 Å². The maximum absolute atomic E-state index is 2.52. The van der Waals surface area contributed by atoms with Gasteiger partial charge in [0.2, 0.25) is 0 Å². The van der Waals surface area contributed by atoms with Crippen LogP contribution in [0, 0.1) is 29.6 Å². The molecular weight excluding hydrogens is 134 g/mol. The Balaban J connectivity index is 1.75. The van der Waals surface area contributed by atoms with Crippen molar-refractivity contribution in [1.29, 1.82) is 0 Å². The van der Waals surface area contributed by atoms with E-state index in [1.807, 2.05) is 0 Å². The Morgan fingerprint density at radius 3 is 2.73 bits per heavy atom. The van der Waals surface area contributed by atoms with Gasteiger partial charge < -0.3 is 4.90 Å². The number of hydrogen-bond acceptors (Lipinski definition) is 1. The molecule has 1 nitrogen and oxygen atoms in total. The SMILES string of the molecule is CC1C2C3CCN(C)CC3C12. The second-order valence-corrected chi connectivity index (χ2v) is 4.89. The highest BCUT2D eigenvalue weighted by molar-refractivity contribution is 5.15. The van der Waals surface area contributed by atoms with Crippen LogP contribution in [0.15, 0.2) is 0 Å². The van der Waals surface area contributed by atoms with Gasteiger partial charge in [-0.2, -0.15) is 0 Å². The normalized spacial score (nSPS) is 61.1. The van der Waals surface area contributed by atoms with Gasteiger partial charge in [0.05, 0.1) is 0 Å². The van der Waals surface area contributed by atoms with Crippen LogP contribution in [0.4, 0.5) is 0 Å². The van der Waals surface area contributed by atoms with Crippen molar-refractivity contribution in [2.24, 2.45) is 29.6 Å². The van der Waals surface area contributed by atoms with Gasteiger partial charge in [0.15, 0.2) is 0 Å². The van der Waals surface area contributed by atoms with Gasteiger partial charge in [-0.3, -0.25) is 0 Å². The maximum atomic E-state index is 2.52. The topological polar surface area (TPSA) is 3.24 Å². The van der Waals surface area contributed by atoms with E-state index in [0.717, 1.165) is 23.7 Å². The third-order valence-corrected chi connectivity index (χ3v) is 4.42. The fourth-order valence-electron chi connectivity index (χ4n) is 3.79. The average molecular weight is 151 g/mol. The Morgan fingerprint density at radius 2 is 1.91 bits per heavy atom. The lowest BCUT2D eigenvalue weighted by atomic mass is 9.70. The molecule has 0 aromatic carbocycles. The molecule has 3 aliphatic rings. The van der Waals surface area contributed by atoms with E-state index in [1.165, 1.54) is 25.4 Å². The Kier molecular flexibility index (Phi) is 1.07. The van der Waals surface area contributed by atoms with Crippen LogP contribution in [0.25, 0.3) is 0 Å². The van der Waals surface area contributed by atoms with Gasteiger partial charge in [0.1, 0.15) is 0 Å². The highest BCUT2D eigenvalue weighted by Crippen LogP contribution is 2.69. The summed E-state index contributed by atoms with van der Waals surface area (Å²) in [6.45, 7) is 5.21. The van der Waals surface area contributed by atoms with Crippen LogP contribution in [0.3, 0.4) is 0 Å². The van der Waals surface area contributed by atoms with E-state index in [4.69, 9.17) is 0 Å². The van der Waals surface area contributed by atoms with Crippen LogP contribution in [0.2, 0.25) is 0 Å². The number of nitrogens with zero attached hydrogens (tertiary/aromatic N) is 1. The van der Waals surface area contributed by atoms with Crippen molar-refractivity contribution in [2.75, 3.05) is 20.1 Å². The molecule has 0 spiro atoms. The lowest BCUT2D eigenvalue weighted by molar-refractivity contribution is 0.0475. The molecule has 1 aliphatic heterocycles. The van der Waals surface area contributed by atoms with Crippen LogP contribution in [-0.4, -0.2) is 25.0 Å². The number of fused-ring (bicyclic) bond motifs is 4. The van der Waals surface area contributed by atoms with Crippen LogP contribution < -0.4 is 0 Å². The summed E-state index contributed by atoms with van der Waals surface area (Å²) in [5.74, 6) is 5.67. The molecule has 0 bridgehead atoms. The molecule has 1 heterocycles. The van der Waals surface area contributed by atoms with E-state index in [9.17, 15) is 0 Å². The average Bonchev–Trinajstić information content (AvgIpc) is 2.52. The molecule has 3 fully saturated rings. The number of likely N-dealkylation sites (tertiary alicyclic amines) is 1. The first-order valence-electron chi connectivity index (χ1n) is 4.97. The molecule has 0 amide bonds. The molecule has 0 radical (unpaired) electrons. The first kappa shape index (κ1) is 6.47. The van der Waals surface area contributed by atoms with Gasteiger partial charge in [0.25, 0.3) is 0 Å². The summed E-state index contributed by atoms with van der Waals surface area (Å²) in [5.41, 5.74) is 0. The predicted molar refractivity (Wildman–Crippen MR) is 45.2 cm³/mol. The first-order chi connectivity index (χ1) is 5.29. The van der Waals surface area contributed by atoms with E-state index >= 15 is 0 Å². The van der Waals surface area contributed by atoms with Gasteiger partial charge in [-0.15, -0.1) is 0 Å². The number of hydrogen-bond donors (Lipinski definition) is 0. The third kappa shape index (κ3) is 0.658. The maximum Gasteiger partial charge on any atom is 0.00122 e. The van der Waals surface area contributed by atoms with Crippen molar-refractivity contribution < 1.29 is 0 Å². The number of rotatable bonds is 0. The zero-order valence-electron chi connectivity index (χ0n) is 7.46. The van der Waals surface area contributed by atoms with Crippen LogP contribution in [0.5, 0.6) is 0 Å². The molecule has 2 saturated carbocycles. The standard InChI is InChI=1S/C10H17N/c1-6-9-7-3-4-11(2)5-8(7)10(6)9/h6-10H,3-5H2,1-2H3. The van der Waals surface area contributed by atoms with Gasteiger partial charge in [-0.05, 0) is 49.6 Å². The minimum absolute atomic E-state index is 1.09. The minimum atomic E-state index is 1.09. The Hall–Kier alpha value is -0.0400. The number of piperidine rings is 1. The van der Waals surface area contributed by atoms with E-state index in [0.29, 0.717) is 0 Å². The summed E-state index contributed by atoms with van der Waals surface area (Å²) < 4.78 is 0.